The average molecular weight is 1250 g/mol. The van der Waals surface area contributed by atoms with Crippen LogP contribution in [-0.4, -0.2) is 37.4 Å². The summed E-state index contributed by atoms with van der Waals surface area (Å²) < 4.78 is 355. The zero-order valence-electron chi connectivity index (χ0n) is 35.3. The van der Waals surface area contributed by atoms with Gasteiger partial charge in [-0.05, 0) is 87.2 Å². The van der Waals surface area contributed by atoms with Gasteiger partial charge in [-0.15, -0.1) is 13.2 Å². The predicted molar refractivity (Wildman–Crippen MR) is 250 cm³/mol. The molecule has 3 rings (SSSR count). The topological polar surface area (TPSA) is 9.23 Å². The molecule has 0 aliphatic carbocycles. The summed E-state index contributed by atoms with van der Waals surface area (Å²) in [7, 11) is -18.9. The Hall–Kier alpha value is -3.78. The zero-order chi connectivity index (χ0) is 56.2. The number of ether oxygens (including phenoxy) is 1. The van der Waals surface area contributed by atoms with Crippen LogP contribution in [0.5, 0.6) is 0 Å². The third-order valence-corrected chi connectivity index (χ3v) is 9.67. The van der Waals surface area contributed by atoms with E-state index in [1.165, 1.54) is 20.8 Å². The number of aryl methyl sites for hydroxylation is 3. The molecule has 0 heterocycles. The number of benzene rings is 3. The molecule has 77 heavy (non-hydrogen) atoms. The standard InChI is InChI=1S/C9H6F6.C8H9F5S.C7H7F5S.C5H6F6.C4H5F5.C3H5F3O.8CH4/c1-5-2-6(8(10,11)12)4-7(3-5)9(13,14)15;1-2-7-3-5-8(6-4-7)14(9,10,11,12)13;1-6-2-4-7(5-3-6)13(8,9,10,11)12;1-2-3(4(6,7)8)5(9,10)11;1-2-3(5,6)4(7,8)9;1-2-7-3(4,5)6;;;;;;;;/h2-4H,1H3;3-6H,2H2,1H3;2-5H,1H3;3H,2H2,1H3;2H2,1H3;2H2,1H3;8*1H4. The van der Waals surface area contributed by atoms with Crippen molar-refractivity contribution in [2.45, 2.75) is 173 Å². The van der Waals surface area contributed by atoms with Crippen molar-refractivity contribution < 1.29 is 131 Å². The maximum Gasteiger partial charge on any atom is 0.522 e. The van der Waals surface area contributed by atoms with Crippen molar-refractivity contribution in [3.05, 3.63) is 94.5 Å². The van der Waals surface area contributed by atoms with E-state index >= 15 is 0 Å². The summed E-state index contributed by atoms with van der Waals surface area (Å²) in [5, 5.41) is 0. The summed E-state index contributed by atoms with van der Waals surface area (Å²) in [6.45, 7) is 7.05. The first-order valence-electron chi connectivity index (χ1n) is 17.9. The van der Waals surface area contributed by atoms with Gasteiger partial charge in [-0.3, -0.25) is 4.74 Å². The molecule has 0 aromatic heterocycles. The molecule has 474 valence electrons. The molecule has 3 aromatic carbocycles. The Labute approximate surface area is 431 Å². The summed E-state index contributed by atoms with van der Waals surface area (Å²) in [5.41, 5.74) is -1.54. The molecule has 0 amide bonds. The van der Waals surface area contributed by atoms with E-state index in [4.69, 9.17) is 0 Å². The molecule has 0 saturated carbocycles. The predicted octanol–water partition coefficient (Wildman–Crippen LogP) is 26.0. The Bertz CT molecular complexity index is 1950. The largest absolute Gasteiger partial charge is 0.522 e. The fraction of sp³-hybridized carbons (Fsp3) is 0.591. The van der Waals surface area contributed by atoms with Gasteiger partial charge in [0.15, 0.2) is 0 Å². The van der Waals surface area contributed by atoms with E-state index in [0.29, 0.717) is 53.9 Å². The van der Waals surface area contributed by atoms with Crippen LogP contribution >= 0.6 is 20.4 Å². The number of rotatable bonds is 6. The third kappa shape index (κ3) is 41.9. The summed E-state index contributed by atoms with van der Waals surface area (Å²) in [4.78, 5) is -3.67. The lowest BCUT2D eigenvalue weighted by molar-refractivity contribution is -0.322. The Morgan fingerprint density at radius 3 is 0.844 bits per heavy atom. The fourth-order valence-corrected chi connectivity index (χ4v) is 5.20. The van der Waals surface area contributed by atoms with Crippen LogP contribution in [-0.2, 0) is 23.5 Å². The van der Waals surface area contributed by atoms with Crippen LogP contribution in [0.25, 0.3) is 0 Å². The molecule has 0 N–H and O–H groups in total. The molecule has 0 unspecified atom stereocenters. The van der Waals surface area contributed by atoms with Crippen LogP contribution in [0, 0.1) is 19.8 Å². The van der Waals surface area contributed by atoms with Crippen LogP contribution in [0.1, 0.15) is 128 Å². The average Bonchev–Trinajstić information content (AvgIpc) is 3.08. The molecule has 0 radical (unpaired) electrons. The van der Waals surface area contributed by atoms with Gasteiger partial charge in [0.2, 0.25) is 0 Å². The minimum Gasteiger partial charge on any atom is -0.292 e. The second-order valence-corrected chi connectivity index (χ2v) is 18.1. The van der Waals surface area contributed by atoms with Crippen molar-refractivity contribution in [2.24, 2.45) is 5.92 Å². The highest BCUT2D eigenvalue weighted by atomic mass is 32.5. The lowest BCUT2D eigenvalue weighted by Gasteiger charge is -2.40. The van der Waals surface area contributed by atoms with E-state index in [1.807, 2.05) is 0 Å². The number of hydrogen-bond donors (Lipinski definition) is 0. The smallest absolute Gasteiger partial charge is 0.292 e. The van der Waals surface area contributed by atoms with Crippen LogP contribution < -0.4 is 0 Å². The first-order valence-corrected chi connectivity index (χ1v) is 21.8. The highest BCUT2D eigenvalue weighted by molar-refractivity contribution is 8.46. The van der Waals surface area contributed by atoms with Crippen molar-refractivity contribution in [1.29, 1.82) is 0 Å². The monoisotopic (exact) mass is 1250 g/mol. The van der Waals surface area contributed by atoms with Crippen LogP contribution in [0.3, 0.4) is 0 Å². The van der Waals surface area contributed by atoms with Gasteiger partial charge in [-0.25, -0.2) is 0 Å². The molecule has 0 bridgehead atoms. The van der Waals surface area contributed by atoms with E-state index in [0.717, 1.165) is 38.1 Å². The van der Waals surface area contributed by atoms with E-state index in [9.17, 15) is 127 Å². The minimum atomic E-state index is -9.47. The third-order valence-electron chi connectivity index (χ3n) is 7.34. The van der Waals surface area contributed by atoms with E-state index < -0.39 is 103 Å². The molecule has 0 saturated heterocycles. The Morgan fingerprint density at radius 2 is 0.701 bits per heavy atom. The first-order chi connectivity index (χ1) is 29.7. The molecule has 0 atom stereocenters. The van der Waals surface area contributed by atoms with Crippen LogP contribution in [0.4, 0.5) is 127 Å². The van der Waals surface area contributed by atoms with Crippen LogP contribution in [0.2, 0.25) is 0 Å². The van der Waals surface area contributed by atoms with Crippen molar-refractivity contribution in [3.63, 3.8) is 0 Å². The van der Waals surface area contributed by atoms with Crippen molar-refractivity contribution >= 4 is 20.4 Å². The molecule has 3 aromatic rings. The molecular weight excluding hydrogens is 1180 g/mol. The van der Waals surface area contributed by atoms with Gasteiger partial charge in [0.05, 0.1) is 17.7 Å². The zero-order valence-corrected chi connectivity index (χ0v) is 37.0. The van der Waals surface area contributed by atoms with Gasteiger partial charge in [0.1, 0.15) is 15.7 Å². The Kier molecular flexibility index (Phi) is 40.1. The van der Waals surface area contributed by atoms with Gasteiger partial charge in [-0.2, -0.15) is 74.6 Å². The summed E-state index contributed by atoms with van der Waals surface area (Å²) in [6.07, 6.45) is -31.3. The van der Waals surface area contributed by atoms with Crippen molar-refractivity contribution in [2.75, 3.05) is 6.61 Å². The highest BCUT2D eigenvalue weighted by Gasteiger charge is 2.66. The lowest BCUT2D eigenvalue weighted by atomic mass is 10.1. The summed E-state index contributed by atoms with van der Waals surface area (Å²) in [5.74, 6) is -7.71. The molecule has 33 heteroatoms. The summed E-state index contributed by atoms with van der Waals surface area (Å²) >= 11 is 0. The maximum atomic E-state index is 12.2. The van der Waals surface area contributed by atoms with E-state index in [2.05, 4.69) is 4.74 Å². The normalized spacial score (nSPS) is 13.4. The Balaban J connectivity index is -0.0000000750. The summed E-state index contributed by atoms with van der Waals surface area (Å²) in [6, 6.07) is 7.26. The van der Waals surface area contributed by atoms with Gasteiger partial charge < -0.3 is 0 Å². The van der Waals surface area contributed by atoms with E-state index in [-0.39, 0.29) is 77.6 Å². The lowest BCUT2D eigenvalue weighted by Crippen LogP contribution is -2.35. The second-order valence-electron chi connectivity index (χ2n) is 13.3. The molecule has 0 aliphatic rings. The van der Waals surface area contributed by atoms with Gasteiger partial charge in [0.25, 0.3) is 0 Å². The molecular formula is C44H70F30OS2. The molecule has 0 spiro atoms. The molecule has 0 aliphatic heterocycles. The van der Waals surface area contributed by atoms with Gasteiger partial charge in [0, 0.05) is 6.42 Å². The quantitative estimate of drug-likeness (QED) is 0.224. The van der Waals surface area contributed by atoms with Crippen molar-refractivity contribution in [1.82, 2.24) is 0 Å². The minimum absolute atomic E-state index is 0. The number of halogens is 30. The maximum absolute atomic E-state index is 12.2. The molecule has 1 nitrogen and oxygen atoms in total. The second kappa shape index (κ2) is 31.3. The van der Waals surface area contributed by atoms with E-state index in [1.54, 1.807) is 6.92 Å². The van der Waals surface area contributed by atoms with Gasteiger partial charge >= 0.3 is 63.6 Å². The number of alkyl halides is 20. The highest BCUT2D eigenvalue weighted by Crippen LogP contribution is 3.02. The Morgan fingerprint density at radius 1 is 0.416 bits per heavy atom. The first kappa shape index (κ1) is 98.6. The van der Waals surface area contributed by atoms with Gasteiger partial charge in [-0.1, -0.05) is 149 Å². The molecule has 0 fully saturated rings. The fourth-order valence-electron chi connectivity index (χ4n) is 3.90. The van der Waals surface area contributed by atoms with Crippen molar-refractivity contribution in [3.8, 4) is 0 Å². The van der Waals surface area contributed by atoms with Crippen LogP contribution in [0.15, 0.2) is 76.5 Å². The SMILES string of the molecule is C.C.C.C.C.C.C.C.CCC(C(F)(F)F)C(F)(F)F.CCC(F)(F)C(F)(F)F.CCOC(F)(F)F.CCc1ccc(S(F)(F)(F)(F)F)cc1.Cc1cc(C(F)(F)F)cc(C(F)(F)F)c1.Cc1ccc(S(F)(F)(F)(F)F)cc1. The number of hydrogen-bond acceptors (Lipinski definition) is 1.